The van der Waals surface area contributed by atoms with E-state index in [-0.39, 0.29) is 17.9 Å². The van der Waals surface area contributed by atoms with Crippen LogP contribution in [0, 0.1) is 0 Å². The zero-order valence-electron chi connectivity index (χ0n) is 19.4. The van der Waals surface area contributed by atoms with E-state index in [4.69, 9.17) is 0 Å². The predicted octanol–water partition coefficient (Wildman–Crippen LogP) is 4.95. The lowest BCUT2D eigenvalue weighted by Gasteiger charge is -2.26. The summed E-state index contributed by atoms with van der Waals surface area (Å²) in [5.41, 5.74) is 5.06. The summed E-state index contributed by atoms with van der Waals surface area (Å²) in [5.74, 6) is -0.216. The minimum Gasteiger partial charge on any atom is -0.342 e. The number of hydrogen-bond donors (Lipinski definition) is 0. The largest absolute Gasteiger partial charge is 0.342 e. The topological polar surface area (TPSA) is 58.4 Å². The van der Waals surface area contributed by atoms with Crippen LogP contribution in [-0.4, -0.2) is 51.8 Å². The molecular weight excluding hydrogens is 412 g/mol. The first-order chi connectivity index (χ1) is 15.9. The molecule has 0 aliphatic rings. The summed E-state index contributed by atoms with van der Waals surface area (Å²) in [6.07, 6.45) is 1.82. The normalized spacial score (nSPS) is 11.9. The number of aromatic nitrogens is 2. The van der Waals surface area contributed by atoms with E-state index in [0.717, 1.165) is 22.3 Å². The number of amides is 2. The first-order valence-corrected chi connectivity index (χ1v) is 11.1. The molecule has 1 unspecified atom stereocenters. The number of imidazole rings is 1. The van der Waals surface area contributed by atoms with E-state index in [1.807, 2.05) is 68.7 Å². The van der Waals surface area contributed by atoms with Crippen molar-refractivity contribution >= 4 is 22.8 Å². The molecule has 1 atom stereocenters. The van der Waals surface area contributed by atoms with Crippen molar-refractivity contribution in [1.29, 1.82) is 0 Å². The van der Waals surface area contributed by atoms with Gasteiger partial charge >= 0.3 is 0 Å². The summed E-state index contributed by atoms with van der Waals surface area (Å²) >= 11 is 0. The van der Waals surface area contributed by atoms with Crippen LogP contribution in [0.2, 0.25) is 0 Å². The fourth-order valence-corrected chi connectivity index (χ4v) is 3.83. The molecule has 0 saturated heterocycles. The molecule has 0 saturated carbocycles. The van der Waals surface area contributed by atoms with Gasteiger partial charge in [-0.25, -0.2) is 4.98 Å². The Morgan fingerprint density at radius 1 is 0.909 bits per heavy atom. The zero-order valence-corrected chi connectivity index (χ0v) is 19.4. The Hall–Kier alpha value is -3.93. The van der Waals surface area contributed by atoms with Gasteiger partial charge in [0.2, 0.25) is 0 Å². The van der Waals surface area contributed by atoms with Gasteiger partial charge in [0.05, 0.1) is 17.1 Å². The quantitative estimate of drug-likeness (QED) is 0.426. The number of carbonyl (C=O) groups is 2. The number of nitrogens with zero attached hydrogens (tertiary/aromatic N) is 4. The van der Waals surface area contributed by atoms with Gasteiger partial charge in [0, 0.05) is 37.5 Å². The molecule has 0 aliphatic carbocycles. The van der Waals surface area contributed by atoms with Crippen molar-refractivity contribution < 1.29 is 9.59 Å². The maximum absolute atomic E-state index is 13.2. The molecule has 0 radical (unpaired) electrons. The Kier molecular flexibility index (Phi) is 6.27. The number of carbonyl (C=O) groups excluding carboxylic acids is 2. The Morgan fingerprint density at radius 2 is 1.58 bits per heavy atom. The molecule has 0 N–H and O–H groups in total. The fourth-order valence-electron chi connectivity index (χ4n) is 3.83. The highest BCUT2D eigenvalue weighted by Crippen LogP contribution is 2.24. The first-order valence-electron chi connectivity index (χ1n) is 11.1. The van der Waals surface area contributed by atoms with Gasteiger partial charge in [0.25, 0.3) is 11.8 Å². The molecule has 0 bridgehead atoms. The van der Waals surface area contributed by atoms with Crippen molar-refractivity contribution in [2.45, 2.75) is 19.9 Å². The first kappa shape index (κ1) is 22.3. The van der Waals surface area contributed by atoms with Crippen LogP contribution in [0.25, 0.3) is 16.7 Å². The Labute approximate surface area is 194 Å². The van der Waals surface area contributed by atoms with Crippen LogP contribution in [0.3, 0.4) is 0 Å². The molecule has 6 heteroatoms. The lowest BCUT2D eigenvalue weighted by Crippen LogP contribution is -2.30. The molecule has 33 heavy (non-hydrogen) atoms. The molecule has 4 rings (SSSR count). The maximum atomic E-state index is 13.2. The van der Waals surface area contributed by atoms with E-state index in [1.165, 1.54) is 0 Å². The van der Waals surface area contributed by atoms with E-state index < -0.39 is 0 Å². The maximum Gasteiger partial charge on any atom is 0.254 e. The van der Waals surface area contributed by atoms with E-state index in [2.05, 4.69) is 9.55 Å². The van der Waals surface area contributed by atoms with E-state index in [1.54, 1.807) is 48.2 Å². The standard InChI is InChI=1S/C27H28N4O2/c1-5-29(3)26(32)21-9-8-10-22(17-21)27(33)30(4)19(2)20-13-15-23(16-14-20)31-18-28-24-11-6-7-12-25(24)31/h6-19H,5H2,1-4H3. The highest BCUT2D eigenvalue weighted by atomic mass is 16.2. The van der Waals surface area contributed by atoms with E-state index >= 15 is 0 Å². The smallest absolute Gasteiger partial charge is 0.254 e. The summed E-state index contributed by atoms with van der Waals surface area (Å²) in [6.45, 7) is 4.53. The van der Waals surface area contributed by atoms with E-state index in [0.29, 0.717) is 17.7 Å². The van der Waals surface area contributed by atoms with Gasteiger partial charge in [-0.15, -0.1) is 0 Å². The summed E-state index contributed by atoms with van der Waals surface area (Å²) in [6, 6.07) is 23.0. The molecule has 2 amide bonds. The highest BCUT2D eigenvalue weighted by Gasteiger charge is 2.20. The Bertz CT molecular complexity index is 1290. The van der Waals surface area contributed by atoms with Gasteiger partial charge in [-0.3, -0.25) is 14.2 Å². The van der Waals surface area contributed by atoms with Gasteiger partial charge in [-0.05, 0) is 61.9 Å². The van der Waals surface area contributed by atoms with Crippen molar-refractivity contribution in [3.05, 3.63) is 95.8 Å². The molecule has 3 aromatic carbocycles. The molecular formula is C27H28N4O2. The fraction of sp³-hybridized carbons (Fsp3) is 0.222. The highest BCUT2D eigenvalue weighted by molar-refractivity contribution is 5.99. The van der Waals surface area contributed by atoms with Crippen LogP contribution in [0.4, 0.5) is 0 Å². The minimum atomic E-state index is -0.135. The summed E-state index contributed by atoms with van der Waals surface area (Å²) in [7, 11) is 3.54. The summed E-state index contributed by atoms with van der Waals surface area (Å²) in [4.78, 5) is 33.4. The SMILES string of the molecule is CCN(C)C(=O)c1cccc(C(=O)N(C)C(C)c2ccc(-n3cnc4ccccc43)cc2)c1. The average Bonchev–Trinajstić information content (AvgIpc) is 3.30. The van der Waals surface area contributed by atoms with Crippen LogP contribution in [0.5, 0.6) is 0 Å². The Balaban J connectivity index is 1.53. The molecule has 168 valence electrons. The van der Waals surface area contributed by atoms with Crippen molar-refractivity contribution in [2.75, 3.05) is 20.6 Å². The number of para-hydroxylation sites is 2. The summed E-state index contributed by atoms with van der Waals surface area (Å²) in [5, 5.41) is 0. The number of fused-ring (bicyclic) bond motifs is 1. The third-order valence-corrected chi connectivity index (χ3v) is 6.19. The molecule has 1 aromatic heterocycles. The average molecular weight is 441 g/mol. The van der Waals surface area contributed by atoms with Crippen molar-refractivity contribution in [3.8, 4) is 5.69 Å². The van der Waals surface area contributed by atoms with Gasteiger partial charge in [0.1, 0.15) is 6.33 Å². The van der Waals surface area contributed by atoms with E-state index in [9.17, 15) is 9.59 Å². The van der Waals surface area contributed by atoms with Crippen molar-refractivity contribution in [2.24, 2.45) is 0 Å². The van der Waals surface area contributed by atoms with Gasteiger partial charge in [0.15, 0.2) is 0 Å². The molecule has 6 nitrogen and oxygen atoms in total. The molecule has 4 aromatic rings. The Morgan fingerprint density at radius 3 is 2.27 bits per heavy atom. The second-order valence-corrected chi connectivity index (χ2v) is 8.19. The third kappa shape index (κ3) is 4.37. The van der Waals surface area contributed by atoms with Crippen molar-refractivity contribution in [1.82, 2.24) is 19.4 Å². The third-order valence-electron chi connectivity index (χ3n) is 6.19. The molecule has 1 heterocycles. The predicted molar refractivity (Wildman–Crippen MR) is 131 cm³/mol. The monoisotopic (exact) mass is 440 g/mol. The van der Waals surface area contributed by atoms with Gasteiger partial charge in [-0.1, -0.05) is 30.3 Å². The molecule has 0 spiro atoms. The van der Waals surface area contributed by atoms with Crippen LogP contribution < -0.4 is 0 Å². The molecule has 0 aliphatic heterocycles. The van der Waals surface area contributed by atoms with Crippen LogP contribution >= 0.6 is 0 Å². The summed E-state index contributed by atoms with van der Waals surface area (Å²) < 4.78 is 2.05. The van der Waals surface area contributed by atoms with Crippen LogP contribution in [0.15, 0.2) is 79.1 Å². The lowest BCUT2D eigenvalue weighted by atomic mass is 10.0. The van der Waals surface area contributed by atoms with Crippen LogP contribution in [0.1, 0.15) is 46.2 Å². The zero-order chi connectivity index (χ0) is 23.5. The second kappa shape index (κ2) is 9.28. The lowest BCUT2D eigenvalue weighted by molar-refractivity contribution is 0.0742. The number of rotatable bonds is 6. The van der Waals surface area contributed by atoms with Gasteiger partial charge in [-0.2, -0.15) is 0 Å². The number of benzene rings is 3. The van der Waals surface area contributed by atoms with Gasteiger partial charge < -0.3 is 9.80 Å². The number of hydrogen-bond acceptors (Lipinski definition) is 3. The molecule has 0 fully saturated rings. The minimum absolute atomic E-state index is 0.0922. The van der Waals surface area contributed by atoms with Crippen molar-refractivity contribution in [3.63, 3.8) is 0 Å². The second-order valence-electron chi connectivity index (χ2n) is 8.19. The van der Waals surface area contributed by atoms with Crippen LogP contribution in [-0.2, 0) is 0 Å².